The summed E-state index contributed by atoms with van der Waals surface area (Å²) >= 11 is 0. The summed E-state index contributed by atoms with van der Waals surface area (Å²) in [6.07, 6.45) is 0. The second-order valence-corrected chi connectivity index (χ2v) is 23.2. The molecular formula is C78H55N. The number of fused-ring (bicyclic) bond motifs is 9. The van der Waals surface area contributed by atoms with Crippen molar-refractivity contribution in [1.82, 2.24) is 4.57 Å². The normalized spacial score (nSPS) is 13.8. The molecule has 0 unspecified atom stereocenters. The van der Waals surface area contributed by atoms with Gasteiger partial charge < -0.3 is 4.57 Å². The first-order valence-corrected chi connectivity index (χ1v) is 27.9. The Morgan fingerprint density at radius 3 is 1.37 bits per heavy atom. The van der Waals surface area contributed by atoms with Crippen molar-refractivity contribution in [2.75, 3.05) is 0 Å². The van der Waals surface area contributed by atoms with Gasteiger partial charge in [-0.2, -0.15) is 0 Å². The molecule has 79 heavy (non-hydrogen) atoms. The Morgan fingerprint density at radius 2 is 0.658 bits per heavy atom. The highest BCUT2D eigenvalue weighted by atomic mass is 15.0. The maximum absolute atomic E-state index is 2.60. The van der Waals surface area contributed by atoms with Crippen molar-refractivity contribution < 1.29 is 0 Å². The molecule has 0 radical (unpaired) electrons. The average molecular weight is 1010 g/mol. The zero-order chi connectivity index (χ0) is 52.7. The molecular weight excluding hydrogens is 951 g/mol. The van der Waals surface area contributed by atoms with Gasteiger partial charge in [0, 0.05) is 38.3 Å². The van der Waals surface area contributed by atoms with Crippen LogP contribution in [0.1, 0.15) is 49.9 Å². The van der Waals surface area contributed by atoms with Crippen LogP contribution in [0.5, 0.6) is 0 Å². The summed E-state index contributed by atoms with van der Waals surface area (Å²) in [6.45, 7) is 9.51. The fraction of sp³-hybridized carbons (Fsp3) is 0.0769. The van der Waals surface area contributed by atoms with Gasteiger partial charge in [-0.3, -0.25) is 0 Å². The lowest BCUT2D eigenvalue weighted by Gasteiger charge is -2.23. The van der Waals surface area contributed by atoms with E-state index >= 15 is 0 Å². The van der Waals surface area contributed by atoms with E-state index in [9.17, 15) is 0 Å². The van der Waals surface area contributed by atoms with E-state index < -0.39 is 0 Å². The molecule has 372 valence electrons. The van der Waals surface area contributed by atoms with Gasteiger partial charge in [0.2, 0.25) is 0 Å². The molecule has 0 fully saturated rings. The molecule has 0 saturated carbocycles. The Bertz CT molecular complexity index is 4620. The molecule has 3 aliphatic rings. The minimum absolute atomic E-state index is 0.0639. The minimum Gasteiger partial charge on any atom is -0.307 e. The molecule has 1 heteroatoms. The van der Waals surface area contributed by atoms with E-state index in [4.69, 9.17) is 0 Å². The zero-order valence-electron chi connectivity index (χ0n) is 44.8. The topological polar surface area (TPSA) is 4.93 Å². The van der Waals surface area contributed by atoms with E-state index in [1.807, 2.05) is 0 Å². The molecule has 0 bridgehead atoms. The van der Waals surface area contributed by atoms with Crippen LogP contribution in [0.2, 0.25) is 0 Å². The number of hydrogen-bond acceptors (Lipinski definition) is 0. The largest absolute Gasteiger partial charge is 0.307 e. The van der Waals surface area contributed by atoms with Gasteiger partial charge in [-0.05, 0) is 171 Å². The first-order chi connectivity index (χ1) is 38.7. The van der Waals surface area contributed by atoms with Crippen LogP contribution in [0.15, 0.2) is 261 Å². The number of rotatable bonds is 7. The van der Waals surface area contributed by atoms with Crippen molar-refractivity contribution in [3.8, 4) is 117 Å². The standard InChI is InChI=1S/C78H55N/c1-77(2)68-29-13-11-24-62(68)67-47-53(36-38-69(67)77)58-42-57(45-60(46-58)59-43-55(48-18-7-5-8-19-48)41-56(44-59)49-20-9-6-10-21-49)51-34-32-50(33-35-51)52-22-15-23-54(40-52)61-26-16-28-65-64-27-17-30-70-73(64)74-71(78(70,3)4)39-37-66-63-25-12-14-31-72(63)79(75(61)65)76(66)74/h5-47H,1-4H3. The second-order valence-electron chi connectivity index (χ2n) is 23.2. The van der Waals surface area contributed by atoms with Gasteiger partial charge in [-0.15, -0.1) is 0 Å². The Kier molecular flexibility index (Phi) is 9.80. The van der Waals surface area contributed by atoms with Gasteiger partial charge in [0.25, 0.3) is 0 Å². The maximum Gasteiger partial charge on any atom is 0.0623 e. The van der Waals surface area contributed by atoms with Crippen LogP contribution in [0, 0.1) is 0 Å². The SMILES string of the molecule is CC1(C)c2ccccc2-c2cc(-c3cc(-c4ccc(-c5cccc(-c6cccc7c6-n6c8ccccc8c8ccc9c(c86)-c6c-7cccc6C9(C)C)c5)cc4)cc(-c4cc(-c5ccccc5)cc(-c5ccccc5)c4)c3)ccc21. The lowest BCUT2D eigenvalue weighted by atomic mass is 9.81. The highest BCUT2D eigenvalue weighted by Crippen LogP contribution is 2.59. The lowest BCUT2D eigenvalue weighted by Crippen LogP contribution is -2.15. The summed E-state index contributed by atoms with van der Waals surface area (Å²) in [6, 6.07) is 98.2. The maximum atomic E-state index is 2.60. The van der Waals surface area contributed by atoms with Gasteiger partial charge in [-0.25, -0.2) is 0 Å². The van der Waals surface area contributed by atoms with Crippen molar-refractivity contribution in [3.63, 3.8) is 0 Å². The van der Waals surface area contributed by atoms with E-state index in [0.717, 1.165) is 0 Å². The summed E-state index contributed by atoms with van der Waals surface area (Å²) in [5, 5.41) is 2.60. The Hall–Kier alpha value is -9.56. The van der Waals surface area contributed by atoms with Gasteiger partial charge >= 0.3 is 0 Å². The minimum atomic E-state index is -0.103. The molecule has 1 aliphatic heterocycles. The Balaban J connectivity index is 0.834. The second kappa shape index (κ2) is 17.0. The van der Waals surface area contributed by atoms with Crippen molar-refractivity contribution in [2.45, 2.75) is 38.5 Å². The Morgan fingerprint density at radius 1 is 0.241 bits per heavy atom. The van der Waals surface area contributed by atoms with Gasteiger partial charge in [-0.1, -0.05) is 234 Å². The summed E-state index contributed by atoms with van der Waals surface area (Å²) in [5.74, 6) is 0. The number of nitrogens with zero attached hydrogens (tertiary/aromatic N) is 1. The average Bonchev–Trinajstić information content (AvgIpc) is 2.23. The molecule has 2 aliphatic carbocycles. The van der Waals surface area contributed by atoms with Crippen LogP contribution >= 0.6 is 0 Å². The summed E-state index contributed by atoms with van der Waals surface area (Å²) in [5.41, 5.74) is 34.0. The summed E-state index contributed by atoms with van der Waals surface area (Å²) in [4.78, 5) is 0. The van der Waals surface area contributed by atoms with Gasteiger partial charge in [0.1, 0.15) is 0 Å². The van der Waals surface area contributed by atoms with E-state index in [2.05, 4.69) is 293 Å². The monoisotopic (exact) mass is 1010 g/mol. The fourth-order valence-corrected chi connectivity index (χ4v) is 14.1. The van der Waals surface area contributed by atoms with Crippen molar-refractivity contribution in [2.24, 2.45) is 0 Å². The molecule has 12 aromatic carbocycles. The molecule has 1 nitrogen and oxygen atoms in total. The summed E-state index contributed by atoms with van der Waals surface area (Å²) in [7, 11) is 0. The molecule has 13 aromatic rings. The van der Waals surface area contributed by atoms with Crippen LogP contribution < -0.4 is 0 Å². The van der Waals surface area contributed by atoms with E-state index in [0.29, 0.717) is 0 Å². The molecule has 16 rings (SSSR count). The van der Waals surface area contributed by atoms with Gasteiger partial charge in [0.05, 0.1) is 16.7 Å². The van der Waals surface area contributed by atoms with Crippen LogP contribution in [-0.2, 0) is 10.8 Å². The predicted molar refractivity (Wildman–Crippen MR) is 333 cm³/mol. The van der Waals surface area contributed by atoms with Crippen molar-refractivity contribution >= 4 is 21.8 Å². The molecule has 0 spiro atoms. The quantitative estimate of drug-likeness (QED) is 0.150. The molecule has 0 saturated heterocycles. The molecule has 2 heterocycles. The first-order valence-electron chi connectivity index (χ1n) is 27.9. The van der Waals surface area contributed by atoms with Crippen LogP contribution in [0.25, 0.3) is 139 Å². The van der Waals surface area contributed by atoms with Crippen molar-refractivity contribution in [3.05, 3.63) is 283 Å². The van der Waals surface area contributed by atoms with Crippen LogP contribution in [-0.4, -0.2) is 4.57 Å². The number of benzene rings is 12. The van der Waals surface area contributed by atoms with E-state index in [1.54, 1.807) is 0 Å². The summed E-state index contributed by atoms with van der Waals surface area (Å²) < 4.78 is 2.60. The molecule has 0 amide bonds. The third kappa shape index (κ3) is 6.82. The van der Waals surface area contributed by atoms with Crippen LogP contribution in [0.3, 0.4) is 0 Å². The molecule has 0 atom stereocenters. The zero-order valence-corrected chi connectivity index (χ0v) is 44.8. The van der Waals surface area contributed by atoms with Crippen LogP contribution in [0.4, 0.5) is 0 Å². The van der Waals surface area contributed by atoms with Gasteiger partial charge in [0.15, 0.2) is 0 Å². The fourth-order valence-electron chi connectivity index (χ4n) is 14.1. The number of aromatic nitrogens is 1. The highest BCUT2D eigenvalue weighted by Gasteiger charge is 2.41. The third-order valence-electron chi connectivity index (χ3n) is 18.1. The van der Waals surface area contributed by atoms with E-state index in [-0.39, 0.29) is 10.8 Å². The predicted octanol–water partition coefficient (Wildman–Crippen LogP) is 21.0. The number of hydrogen-bond donors (Lipinski definition) is 0. The molecule has 0 N–H and O–H groups in total. The lowest BCUT2D eigenvalue weighted by molar-refractivity contribution is 0.660. The van der Waals surface area contributed by atoms with Crippen molar-refractivity contribution in [1.29, 1.82) is 0 Å². The molecule has 1 aromatic heterocycles. The van der Waals surface area contributed by atoms with E-state index in [1.165, 1.54) is 161 Å². The first kappa shape index (κ1) is 45.6. The Labute approximate surface area is 462 Å². The third-order valence-corrected chi connectivity index (χ3v) is 18.1. The smallest absolute Gasteiger partial charge is 0.0623 e. The number of para-hydroxylation sites is 2. The highest BCUT2D eigenvalue weighted by molar-refractivity contribution is 6.19.